The van der Waals surface area contributed by atoms with Crippen LogP contribution in [0.1, 0.15) is 20.3 Å². The summed E-state index contributed by atoms with van der Waals surface area (Å²) in [5, 5.41) is 6.13. The van der Waals surface area contributed by atoms with E-state index in [9.17, 15) is 4.79 Å². The molecule has 0 aliphatic rings. The van der Waals surface area contributed by atoms with Gasteiger partial charge in [0.1, 0.15) is 0 Å². The molecule has 0 aliphatic carbocycles. The van der Waals surface area contributed by atoms with Crippen molar-refractivity contribution in [3.05, 3.63) is 30.3 Å². The Morgan fingerprint density at radius 1 is 1.28 bits per heavy atom. The third-order valence-corrected chi connectivity index (χ3v) is 2.71. The molecule has 1 rings (SSSR count). The van der Waals surface area contributed by atoms with Crippen LogP contribution in [0.25, 0.3) is 0 Å². The van der Waals surface area contributed by atoms with Crippen LogP contribution in [0.3, 0.4) is 0 Å². The van der Waals surface area contributed by atoms with E-state index in [-0.39, 0.29) is 18.1 Å². The second-order valence-corrected chi connectivity index (χ2v) is 4.47. The molecule has 0 aliphatic heterocycles. The molecule has 4 heteroatoms. The van der Waals surface area contributed by atoms with Gasteiger partial charge >= 0.3 is 0 Å². The quantitative estimate of drug-likeness (QED) is 0.778. The maximum atomic E-state index is 11.8. The number of anilines is 1. The maximum absolute atomic E-state index is 11.8. The van der Waals surface area contributed by atoms with Crippen LogP contribution >= 0.6 is 0 Å². The van der Waals surface area contributed by atoms with Crippen LogP contribution in [0.15, 0.2) is 30.3 Å². The molecule has 0 spiro atoms. The lowest BCUT2D eigenvalue weighted by atomic mass is 10.2. The summed E-state index contributed by atoms with van der Waals surface area (Å²) < 4.78 is 5.14. The van der Waals surface area contributed by atoms with Crippen molar-refractivity contribution < 1.29 is 9.53 Å². The molecule has 0 aromatic heterocycles. The number of hydrogen-bond donors (Lipinski definition) is 2. The van der Waals surface area contributed by atoms with Crippen molar-refractivity contribution in [3.8, 4) is 0 Å². The number of benzene rings is 1. The molecule has 2 unspecified atom stereocenters. The summed E-state index contributed by atoms with van der Waals surface area (Å²) in [4.78, 5) is 11.8. The second kappa shape index (κ2) is 7.84. The molecule has 18 heavy (non-hydrogen) atoms. The van der Waals surface area contributed by atoms with Crippen molar-refractivity contribution in [2.45, 2.75) is 32.4 Å². The largest absolute Gasteiger partial charge is 0.380 e. The molecule has 0 radical (unpaired) electrons. The van der Waals surface area contributed by atoms with Crippen LogP contribution in [-0.2, 0) is 9.53 Å². The lowest BCUT2D eigenvalue weighted by Crippen LogP contribution is -2.35. The third-order valence-electron chi connectivity index (χ3n) is 2.71. The second-order valence-electron chi connectivity index (χ2n) is 4.47. The Balaban J connectivity index is 2.27. The first-order valence-corrected chi connectivity index (χ1v) is 6.23. The fraction of sp³-hybridized carbons (Fsp3) is 0.500. The van der Waals surface area contributed by atoms with E-state index in [1.807, 2.05) is 44.2 Å². The molecule has 2 N–H and O–H groups in total. The predicted molar refractivity (Wildman–Crippen MR) is 73.6 cm³/mol. The Kier molecular flexibility index (Phi) is 6.39. The summed E-state index contributed by atoms with van der Waals surface area (Å²) in [6.07, 6.45) is 0.607. The average molecular weight is 250 g/mol. The van der Waals surface area contributed by atoms with E-state index in [0.29, 0.717) is 6.42 Å². The summed E-state index contributed by atoms with van der Waals surface area (Å²) in [6.45, 7) is 4.73. The lowest BCUT2D eigenvalue weighted by molar-refractivity contribution is -0.116. The van der Waals surface area contributed by atoms with Crippen LogP contribution in [0, 0.1) is 0 Å². The van der Waals surface area contributed by atoms with Gasteiger partial charge in [-0.15, -0.1) is 0 Å². The fourth-order valence-corrected chi connectivity index (χ4v) is 1.53. The zero-order chi connectivity index (χ0) is 13.4. The van der Waals surface area contributed by atoms with Crippen LogP contribution < -0.4 is 10.6 Å². The van der Waals surface area contributed by atoms with Gasteiger partial charge < -0.3 is 15.4 Å². The number of ether oxygens (including phenoxy) is 1. The summed E-state index contributed by atoms with van der Waals surface area (Å²) >= 11 is 0. The SMILES string of the molecule is COC(C)CNC(C)CC(=O)Nc1ccccc1. The highest BCUT2D eigenvalue weighted by Crippen LogP contribution is 2.06. The van der Waals surface area contributed by atoms with Gasteiger partial charge in [-0.3, -0.25) is 4.79 Å². The van der Waals surface area contributed by atoms with Crippen molar-refractivity contribution >= 4 is 11.6 Å². The van der Waals surface area contributed by atoms with Crippen molar-refractivity contribution in [2.75, 3.05) is 19.0 Å². The Morgan fingerprint density at radius 2 is 1.94 bits per heavy atom. The zero-order valence-corrected chi connectivity index (χ0v) is 11.3. The van der Waals surface area contributed by atoms with E-state index in [4.69, 9.17) is 4.74 Å². The van der Waals surface area contributed by atoms with E-state index in [1.165, 1.54) is 0 Å². The zero-order valence-electron chi connectivity index (χ0n) is 11.3. The summed E-state index contributed by atoms with van der Waals surface area (Å²) in [5.41, 5.74) is 0.833. The van der Waals surface area contributed by atoms with Crippen molar-refractivity contribution in [1.29, 1.82) is 0 Å². The molecule has 1 aromatic rings. The van der Waals surface area contributed by atoms with Gasteiger partial charge in [-0.05, 0) is 26.0 Å². The molecular weight excluding hydrogens is 228 g/mol. The Labute approximate surface area is 109 Å². The molecule has 100 valence electrons. The Bertz CT molecular complexity index is 354. The standard InChI is InChI=1S/C14H22N2O2/c1-11(15-10-12(2)18-3)9-14(17)16-13-7-5-4-6-8-13/h4-8,11-12,15H,9-10H2,1-3H3,(H,16,17). The molecule has 4 nitrogen and oxygen atoms in total. The minimum atomic E-state index is 0.0197. The molecule has 0 saturated heterocycles. The first-order valence-electron chi connectivity index (χ1n) is 6.23. The van der Waals surface area contributed by atoms with Gasteiger partial charge in [-0.2, -0.15) is 0 Å². The molecule has 0 saturated carbocycles. The predicted octanol–water partition coefficient (Wildman–Crippen LogP) is 2.03. The number of para-hydroxylation sites is 1. The third kappa shape index (κ3) is 5.80. The van der Waals surface area contributed by atoms with Gasteiger partial charge in [-0.25, -0.2) is 0 Å². The lowest BCUT2D eigenvalue weighted by Gasteiger charge is -2.16. The molecule has 2 atom stereocenters. The number of rotatable bonds is 7. The number of hydrogen-bond acceptors (Lipinski definition) is 3. The monoisotopic (exact) mass is 250 g/mol. The van der Waals surface area contributed by atoms with Crippen LogP contribution in [0.2, 0.25) is 0 Å². The smallest absolute Gasteiger partial charge is 0.225 e. The van der Waals surface area contributed by atoms with E-state index in [2.05, 4.69) is 10.6 Å². The Hall–Kier alpha value is -1.39. The average Bonchev–Trinajstić information content (AvgIpc) is 2.37. The van der Waals surface area contributed by atoms with Gasteiger partial charge in [0, 0.05) is 31.8 Å². The topological polar surface area (TPSA) is 50.4 Å². The molecule has 1 amide bonds. The first kappa shape index (κ1) is 14.7. The highest BCUT2D eigenvalue weighted by Gasteiger charge is 2.09. The van der Waals surface area contributed by atoms with Crippen LogP contribution in [-0.4, -0.2) is 31.7 Å². The van der Waals surface area contributed by atoms with Crippen LogP contribution in [0.4, 0.5) is 5.69 Å². The Morgan fingerprint density at radius 3 is 2.56 bits per heavy atom. The van der Waals surface area contributed by atoms with E-state index >= 15 is 0 Å². The maximum Gasteiger partial charge on any atom is 0.225 e. The normalized spacial score (nSPS) is 13.9. The number of amides is 1. The summed E-state index contributed by atoms with van der Waals surface area (Å²) in [5.74, 6) is 0.0197. The molecule has 0 fully saturated rings. The molecule has 1 aromatic carbocycles. The number of methoxy groups -OCH3 is 1. The number of carbonyl (C=O) groups excluding carboxylic acids is 1. The van der Waals surface area contributed by atoms with Crippen LogP contribution in [0.5, 0.6) is 0 Å². The van der Waals surface area contributed by atoms with Gasteiger partial charge in [-0.1, -0.05) is 18.2 Å². The minimum absolute atomic E-state index is 0.0197. The number of nitrogens with one attached hydrogen (secondary N) is 2. The number of carbonyl (C=O) groups is 1. The van der Waals surface area contributed by atoms with Gasteiger partial charge in [0.05, 0.1) is 6.10 Å². The van der Waals surface area contributed by atoms with E-state index in [1.54, 1.807) is 7.11 Å². The van der Waals surface area contributed by atoms with Crippen molar-refractivity contribution in [1.82, 2.24) is 5.32 Å². The van der Waals surface area contributed by atoms with Gasteiger partial charge in [0.15, 0.2) is 0 Å². The highest BCUT2D eigenvalue weighted by molar-refractivity contribution is 5.90. The molecular formula is C14H22N2O2. The summed E-state index contributed by atoms with van der Waals surface area (Å²) in [6, 6.07) is 9.61. The minimum Gasteiger partial charge on any atom is -0.380 e. The molecule has 0 heterocycles. The van der Waals surface area contributed by atoms with Crippen molar-refractivity contribution in [3.63, 3.8) is 0 Å². The van der Waals surface area contributed by atoms with Gasteiger partial charge in [0.2, 0.25) is 5.91 Å². The molecule has 0 bridgehead atoms. The fourth-order valence-electron chi connectivity index (χ4n) is 1.53. The van der Waals surface area contributed by atoms with Crippen molar-refractivity contribution in [2.24, 2.45) is 0 Å². The first-order chi connectivity index (χ1) is 8.61. The van der Waals surface area contributed by atoms with E-state index in [0.717, 1.165) is 12.2 Å². The highest BCUT2D eigenvalue weighted by atomic mass is 16.5. The summed E-state index contributed by atoms with van der Waals surface area (Å²) in [7, 11) is 1.68. The van der Waals surface area contributed by atoms with E-state index < -0.39 is 0 Å². The van der Waals surface area contributed by atoms with Gasteiger partial charge in [0.25, 0.3) is 0 Å².